The summed E-state index contributed by atoms with van der Waals surface area (Å²) in [5.74, 6) is 0.322. The zero-order valence-corrected chi connectivity index (χ0v) is 9.37. The zero-order valence-electron chi connectivity index (χ0n) is 9.37. The maximum atomic E-state index is 12.1. The van der Waals surface area contributed by atoms with Gasteiger partial charge in [0.25, 0.3) is 0 Å². The molecule has 0 spiro atoms. The van der Waals surface area contributed by atoms with Crippen LogP contribution in [0.25, 0.3) is 0 Å². The molecule has 0 aromatic rings. The molecule has 2 atom stereocenters. The number of carbonyl (C=O) groups excluding carboxylic acids is 1. The van der Waals surface area contributed by atoms with Crippen LogP contribution < -0.4 is 5.73 Å². The van der Waals surface area contributed by atoms with Gasteiger partial charge in [-0.2, -0.15) is 0 Å². The van der Waals surface area contributed by atoms with Crippen molar-refractivity contribution < 1.29 is 9.53 Å². The predicted molar refractivity (Wildman–Crippen MR) is 57.3 cm³/mol. The van der Waals surface area contributed by atoms with E-state index >= 15 is 0 Å². The first-order valence-electron chi connectivity index (χ1n) is 5.74. The average molecular weight is 212 g/mol. The number of amides is 1. The molecule has 4 nitrogen and oxygen atoms in total. The third-order valence-electron chi connectivity index (χ3n) is 3.32. The minimum Gasteiger partial charge on any atom is -0.381 e. The van der Waals surface area contributed by atoms with Crippen LogP contribution in [0.2, 0.25) is 0 Å². The lowest BCUT2D eigenvalue weighted by Gasteiger charge is -2.38. The quantitative estimate of drug-likeness (QED) is 0.683. The molecule has 2 aliphatic rings. The maximum absolute atomic E-state index is 12.1. The highest BCUT2D eigenvalue weighted by atomic mass is 16.5. The molecule has 0 aliphatic carbocycles. The Hall–Kier alpha value is -0.610. The fraction of sp³-hybridized carbons (Fsp3) is 0.909. The van der Waals surface area contributed by atoms with E-state index in [2.05, 4.69) is 0 Å². The van der Waals surface area contributed by atoms with Crippen molar-refractivity contribution in [1.82, 2.24) is 4.90 Å². The van der Waals surface area contributed by atoms with E-state index in [4.69, 9.17) is 10.5 Å². The molecular weight excluding hydrogens is 192 g/mol. The Morgan fingerprint density at radius 2 is 2.40 bits per heavy atom. The Kier molecular flexibility index (Phi) is 2.98. The van der Waals surface area contributed by atoms with Crippen molar-refractivity contribution in [2.24, 2.45) is 11.7 Å². The van der Waals surface area contributed by atoms with Crippen LogP contribution in [0.1, 0.15) is 26.2 Å². The summed E-state index contributed by atoms with van der Waals surface area (Å²) in [6.45, 7) is 4.91. The molecule has 2 saturated heterocycles. The van der Waals surface area contributed by atoms with Crippen molar-refractivity contribution in [2.45, 2.75) is 31.7 Å². The zero-order chi connectivity index (χ0) is 10.9. The van der Waals surface area contributed by atoms with Gasteiger partial charge in [0.2, 0.25) is 5.91 Å². The molecule has 0 bridgehead atoms. The molecule has 0 radical (unpaired) electrons. The van der Waals surface area contributed by atoms with Crippen LogP contribution in [-0.4, -0.2) is 42.6 Å². The molecule has 1 amide bonds. The standard InChI is InChI=1S/C11H20N2O2/c1-11(12)4-2-5-13(8-11)10(14)9-3-6-15-7-9/h9H,2-8,12H2,1H3. The molecule has 86 valence electrons. The Morgan fingerprint density at radius 1 is 1.60 bits per heavy atom. The second-order valence-electron chi connectivity index (χ2n) is 5.08. The van der Waals surface area contributed by atoms with E-state index in [1.54, 1.807) is 0 Å². The largest absolute Gasteiger partial charge is 0.381 e. The summed E-state index contributed by atoms with van der Waals surface area (Å²) in [5, 5.41) is 0. The van der Waals surface area contributed by atoms with E-state index < -0.39 is 0 Å². The third-order valence-corrected chi connectivity index (χ3v) is 3.32. The van der Waals surface area contributed by atoms with Crippen molar-refractivity contribution in [3.8, 4) is 0 Å². The minimum atomic E-state index is -0.201. The molecule has 15 heavy (non-hydrogen) atoms. The van der Waals surface area contributed by atoms with Crippen molar-refractivity contribution in [2.75, 3.05) is 26.3 Å². The molecule has 2 aliphatic heterocycles. The number of likely N-dealkylation sites (tertiary alicyclic amines) is 1. The second-order valence-corrected chi connectivity index (χ2v) is 5.08. The SMILES string of the molecule is CC1(N)CCCN(C(=O)C2CCOC2)C1. The first-order chi connectivity index (χ1) is 7.08. The summed E-state index contributed by atoms with van der Waals surface area (Å²) in [5.41, 5.74) is 5.88. The van der Waals surface area contributed by atoms with Gasteiger partial charge in [-0.25, -0.2) is 0 Å². The number of hydrogen-bond acceptors (Lipinski definition) is 3. The smallest absolute Gasteiger partial charge is 0.228 e. The number of nitrogens with zero attached hydrogens (tertiary/aromatic N) is 1. The first kappa shape index (κ1) is 10.9. The van der Waals surface area contributed by atoms with Crippen LogP contribution in [0.5, 0.6) is 0 Å². The highest BCUT2D eigenvalue weighted by Crippen LogP contribution is 2.22. The second kappa shape index (κ2) is 4.10. The molecule has 2 unspecified atom stereocenters. The summed E-state index contributed by atoms with van der Waals surface area (Å²) in [6.07, 6.45) is 2.90. The van der Waals surface area contributed by atoms with Gasteiger partial charge >= 0.3 is 0 Å². The molecule has 0 aromatic carbocycles. The number of nitrogens with two attached hydrogens (primary N) is 1. The van der Waals surface area contributed by atoms with Crippen LogP contribution in [0.15, 0.2) is 0 Å². The van der Waals surface area contributed by atoms with Gasteiger partial charge in [-0.05, 0) is 26.2 Å². The lowest BCUT2D eigenvalue weighted by atomic mass is 9.91. The molecule has 2 rings (SSSR count). The van der Waals surface area contributed by atoms with Gasteiger partial charge < -0.3 is 15.4 Å². The van der Waals surface area contributed by atoms with Crippen molar-refractivity contribution in [3.63, 3.8) is 0 Å². The highest BCUT2D eigenvalue weighted by molar-refractivity contribution is 5.79. The summed E-state index contributed by atoms with van der Waals surface area (Å²) in [4.78, 5) is 14.0. The van der Waals surface area contributed by atoms with Gasteiger partial charge in [0, 0.05) is 25.2 Å². The van der Waals surface area contributed by atoms with Gasteiger partial charge in [-0.3, -0.25) is 4.79 Å². The van der Waals surface area contributed by atoms with Gasteiger partial charge in [-0.15, -0.1) is 0 Å². The van der Waals surface area contributed by atoms with Gasteiger partial charge in [0.05, 0.1) is 12.5 Å². The predicted octanol–water partition coefficient (Wildman–Crippen LogP) is 0.363. The fourth-order valence-electron chi connectivity index (χ4n) is 2.44. The molecule has 0 saturated carbocycles. The van der Waals surface area contributed by atoms with Gasteiger partial charge in [-0.1, -0.05) is 0 Å². The Bertz CT molecular complexity index is 247. The number of piperidine rings is 1. The van der Waals surface area contributed by atoms with Crippen molar-refractivity contribution >= 4 is 5.91 Å². The highest BCUT2D eigenvalue weighted by Gasteiger charge is 2.34. The summed E-state index contributed by atoms with van der Waals surface area (Å²) < 4.78 is 5.24. The summed E-state index contributed by atoms with van der Waals surface area (Å²) in [6, 6.07) is 0. The van der Waals surface area contributed by atoms with E-state index in [0.29, 0.717) is 13.2 Å². The molecule has 2 fully saturated rings. The molecular formula is C11H20N2O2. The Balaban J connectivity index is 1.94. The number of rotatable bonds is 1. The maximum Gasteiger partial charge on any atom is 0.228 e. The molecule has 4 heteroatoms. The van der Waals surface area contributed by atoms with Gasteiger partial charge in [0.15, 0.2) is 0 Å². The molecule has 0 aromatic heterocycles. The Morgan fingerprint density at radius 3 is 3.00 bits per heavy atom. The minimum absolute atomic E-state index is 0.0823. The first-order valence-corrected chi connectivity index (χ1v) is 5.74. The topological polar surface area (TPSA) is 55.6 Å². The van der Waals surface area contributed by atoms with E-state index in [-0.39, 0.29) is 17.4 Å². The lowest BCUT2D eigenvalue weighted by Crippen LogP contribution is -2.54. The van der Waals surface area contributed by atoms with Crippen LogP contribution in [-0.2, 0) is 9.53 Å². The normalized spacial score (nSPS) is 36.9. The Labute approximate surface area is 90.8 Å². The third kappa shape index (κ3) is 2.49. The van der Waals surface area contributed by atoms with Gasteiger partial charge in [0.1, 0.15) is 0 Å². The van der Waals surface area contributed by atoms with Crippen molar-refractivity contribution in [3.05, 3.63) is 0 Å². The van der Waals surface area contributed by atoms with E-state index in [1.807, 2.05) is 11.8 Å². The van der Waals surface area contributed by atoms with Crippen LogP contribution in [0.3, 0.4) is 0 Å². The number of ether oxygens (including phenoxy) is 1. The fourth-order valence-corrected chi connectivity index (χ4v) is 2.44. The molecule has 2 heterocycles. The van der Waals surface area contributed by atoms with E-state index in [0.717, 1.165) is 32.4 Å². The van der Waals surface area contributed by atoms with Crippen LogP contribution in [0.4, 0.5) is 0 Å². The lowest BCUT2D eigenvalue weighted by molar-refractivity contribution is -0.137. The summed E-state index contributed by atoms with van der Waals surface area (Å²) >= 11 is 0. The monoisotopic (exact) mass is 212 g/mol. The molecule has 2 N–H and O–H groups in total. The van der Waals surface area contributed by atoms with Crippen molar-refractivity contribution in [1.29, 1.82) is 0 Å². The van der Waals surface area contributed by atoms with E-state index in [1.165, 1.54) is 0 Å². The average Bonchev–Trinajstić information content (AvgIpc) is 2.67. The van der Waals surface area contributed by atoms with E-state index in [9.17, 15) is 4.79 Å². The number of hydrogen-bond donors (Lipinski definition) is 1. The van der Waals surface area contributed by atoms with Crippen LogP contribution >= 0.6 is 0 Å². The van der Waals surface area contributed by atoms with Crippen LogP contribution in [0, 0.1) is 5.92 Å². The summed E-state index contributed by atoms with van der Waals surface area (Å²) in [7, 11) is 0. The number of carbonyl (C=O) groups is 1.